The number of ether oxygens (including phenoxy) is 1. The first-order chi connectivity index (χ1) is 25.8. The maximum atomic E-state index is 13.9. The van der Waals surface area contributed by atoms with E-state index in [9.17, 15) is 19.2 Å². The number of esters is 1. The van der Waals surface area contributed by atoms with Crippen LogP contribution in [0.3, 0.4) is 0 Å². The number of hydrogen-bond acceptors (Lipinski definition) is 8. The maximum absolute atomic E-state index is 13.9. The van der Waals surface area contributed by atoms with Crippen LogP contribution in [-0.2, 0) is 41.8 Å². The highest BCUT2D eigenvalue weighted by molar-refractivity contribution is 7.17. The Morgan fingerprint density at radius 1 is 0.830 bits per heavy atom. The minimum Gasteiger partial charge on any atom is -0.465 e. The molecular weight excluding hydrogens is 687 g/mol. The number of carbonyl (C=O) groups excluding carboxylic acids is 4. The van der Waals surface area contributed by atoms with Crippen molar-refractivity contribution in [3.05, 3.63) is 117 Å². The third-order valence-corrected chi connectivity index (χ3v) is 11.6. The second-order valence-corrected chi connectivity index (χ2v) is 15.3. The number of nitrogens with zero attached hydrogens (tertiary/aromatic N) is 2. The molecule has 0 atom stereocenters. The number of hydrogen-bond donors (Lipinski definition) is 3. The van der Waals surface area contributed by atoms with Crippen molar-refractivity contribution >= 4 is 45.7 Å². The summed E-state index contributed by atoms with van der Waals surface area (Å²) in [4.78, 5) is 57.8. The van der Waals surface area contributed by atoms with E-state index in [-0.39, 0.29) is 23.7 Å². The molecule has 3 N–H and O–H groups in total. The maximum Gasteiger partial charge on any atom is 0.337 e. The van der Waals surface area contributed by atoms with Gasteiger partial charge in [-0.3, -0.25) is 19.3 Å². The van der Waals surface area contributed by atoms with Crippen molar-refractivity contribution in [2.24, 2.45) is 0 Å². The number of benzene rings is 3. The summed E-state index contributed by atoms with van der Waals surface area (Å²) in [5, 5.41) is 10.1. The highest BCUT2D eigenvalue weighted by Gasteiger charge is 2.32. The number of amides is 3. The van der Waals surface area contributed by atoms with Crippen LogP contribution in [0.2, 0.25) is 0 Å². The second kappa shape index (κ2) is 16.9. The van der Waals surface area contributed by atoms with E-state index in [0.29, 0.717) is 46.5 Å². The molecule has 3 aromatic carbocycles. The molecule has 4 aromatic rings. The van der Waals surface area contributed by atoms with Crippen molar-refractivity contribution in [1.82, 2.24) is 15.1 Å². The smallest absolute Gasteiger partial charge is 0.337 e. The molecule has 2 aliphatic carbocycles. The average molecular weight is 734 g/mol. The predicted octanol–water partition coefficient (Wildman–Crippen LogP) is 6.10. The molecule has 276 valence electrons. The van der Waals surface area contributed by atoms with Gasteiger partial charge in [-0.1, -0.05) is 36.4 Å². The zero-order valence-electron chi connectivity index (χ0n) is 30.2. The van der Waals surface area contributed by atoms with Gasteiger partial charge in [0.25, 0.3) is 11.8 Å². The van der Waals surface area contributed by atoms with Crippen LogP contribution in [0, 0.1) is 0 Å². The van der Waals surface area contributed by atoms with Gasteiger partial charge in [-0.05, 0) is 110 Å². The summed E-state index contributed by atoms with van der Waals surface area (Å²) in [7, 11) is 1.37. The minimum absolute atomic E-state index is 0.163. The van der Waals surface area contributed by atoms with E-state index in [1.54, 1.807) is 18.2 Å². The minimum atomic E-state index is -0.347. The number of methoxy groups -OCH3 is 1. The van der Waals surface area contributed by atoms with Gasteiger partial charge in [-0.25, -0.2) is 4.79 Å². The summed E-state index contributed by atoms with van der Waals surface area (Å²) in [5.41, 5.74) is 6.58. The first-order valence-corrected chi connectivity index (χ1v) is 19.5. The highest BCUT2D eigenvalue weighted by atomic mass is 32.1. The lowest BCUT2D eigenvalue weighted by Crippen LogP contribution is -2.49. The molecule has 1 saturated heterocycles. The number of thiophene rings is 1. The highest BCUT2D eigenvalue weighted by Crippen LogP contribution is 2.39. The molecule has 7 rings (SSSR count). The van der Waals surface area contributed by atoms with E-state index in [0.717, 1.165) is 105 Å². The van der Waals surface area contributed by atoms with Gasteiger partial charge in [0.15, 0.2) is 0 Å². The molecule has 1 saturated carbocycles. The van der Waals surface area contributed by atoms with Crippen LogP contribution < -0.4 is 16.0 Å². The monoisotopic (exact) mass is 733 g/mol. The van der Waals surface area contributed by atoms with Gasteiger partial charge in [0, 0.05) is 54.9 Å². The van der Waals surface area contributed by atoms with Gasteiger partial charge in [-0.2, -0.15) is 0 Å². The number of rotatable bonds is 13. The molecule has 10 nitrogen and oxygen atoms in total. The van der Waals surface area contributed by atoms with Gasteiger partial charge in [-0.15, -0.1) is 11.3 Å². The van der Waals surface area contributed by atoms with E-state index in [1.807, 2.05) is 59.5 Å². The largest absolute Gasteiger partial charge is 0.465 e. The van der Waals surface area contributed by atoms with Gasteiger partial charge in [0.2, 0.25) is 5.91 Å². The molecule has 1 aliphatic heterocycles. The van der Waals surface area contributed by atoms with E-state index in [1.165, 1.54) is 18.4 Å². The average Bonchev–Trinajstić information content (AvgIpc) is 3.98. The van der Waals surface area contributed by atoms with E-state index in [2.05, 4.69) is 20.9 Å². The summed E-state index contributed by atoms with van der Waals surface area (Å²) in [6.45, 7) is 4.13. The summed E-state index contributed by atoms with van der Waals surface area (Å²) < 4.78 is 4.78. The molecule has 2 heterocycles. The fourth-order valence-electron chi connectivity index (χ4n) is 7.22. The lowest BCUT2D eigenvalue weighted by molar-refractivity contribution is -0.133. The quantitative estimate of drug-likeness (QED) is 0.142. The van der Waals surface area contributed by atoms with Gasteiger partial charge < -0.3 is 25.6 Å². The Labute approximate surface area is 314 Å². The van der Waals surface area contributed by atoms with Crippen LogP contribution in [0.4, 0.5) is 10.7 Å². The van der Waals surface area contributed by atoms with Gasteiger partial charge in [0.1, 0.15) is 5.00 Å². The SMILES string of the molecule is COC(=O)c1ccc(CCc2ccc(NC(=O)c3c(NC(=O)c4cccc(CN(CC(=O)N5CCNCC5)C5CC5)c4)sc4c3CCCC4)cc2)cc1. The van der Waals surface area contributed by atoms with Gasteiger partial charge in [0.05, 0.1) is 24.8 Å². The van der Waals surface area contributed by atoms with Crippen molar-refractivity contribution < 1.29 is 23.9 Å². The summed E-state index contributed by atoms with van der Waals surface area (Å²) in [5.74, 6) is -0.656. The van der Waals surface area contributed by atoms with Crippen LogP contribution in [0.25, 0.3) is 0 Å². The molecule has 0 bridgehead atoms. The lowest BCUT2D eigenvalue weighted by Gasteiger charge is -2.30. The fourth-order valence-corrected chi connectivity index (χ4v) is 8.50. The van der Waals surface area contributed by atoms with Crippen LogP contribution in [-0.4, -0.2) is 79.4 Å². The molecule has 0 radical (unpaired) electrons. The summed E-state index contributed by atoms with van der Waals surface area (Å²) in [6, 6.07) is 23.3. The Bertz CT molecular complexity index is 1950. The Balaban J connectivity index is 0.996. The van der Waals surface area contributed by atoms with Crippen molar-refractivity contribution in [3.63, 3.8) is 0 Å². The lowest BCUT2D eigenvalue weighted by atomic mass is 9.95. The molecular formula is C42H47N5O5S. The predicted molar refractivity (Wildman–Crippen MR) is 208 cm³/mol. The number of anilines is 2. The second-order valence-electron chi connectivity index (χ2n) is 14.2. The Morgan fingerprint density at radius 2 is 1.53 bits per heavy atom. The fraction of sp³-hybridized carbons (Fsp3) is 0.381. The van der Waals surface area contributed by atoms with E-state index >= 15 is 0 Å². The van der Waals surface area contributed by atoms with Crippen molar-refractivity contribution in [2.75, 3.05) is 50.5 Å². The molecule has 3 amide bonds. The standard InChI is InChI=1S/C42H47N5O5S/c1-52-42(51)31-15-11-28(12-16-31)9-10-29-13-17-33(18-14-29)44-40(50)38-35-7-2-3-8-36(35)53-41(38)45-39(49)32-6-4-5-30(25-32)26-47(34-19-20-34)27-37(48)46-23-21-43-22-24-46/h4-6,11-18,25,34,43H,2-3,7-10,19-24,26-27H2,1H3,(H,44,50)(H,45,49). The van der Waals surface area contributed by atoms with Gasteiger partial charge >= 0.3 is 5.97 Å². The molecule has 0 unspecified atom stereocenters. The van der Waals surface area contributed by atoms with Crippen LogP contribution in [0.15, 0.2) is 72.8 Å². The Morgan fingerprint density at radius 3 is 2.23 bits per heavy atom. The summed E-state index contributed by atoms with van der Waals surface area (Å²) in [6.07, 6.45) is 7.58. The molecule has 2 fully saturated rings. The molecule has 1 aromatic heterocycles. The number of piperazine rings is 1. The number of nitrogens with one attached hydrogen (secondary N) is 3. The molecule has 3 aliphatic rings. The number of carbonyl (C=O) groups is 4. The molecule has 0 spiro atoms. The van der Waals surface area contributed by atoms with Crippen molar-refractivity contribution in [1.29, 1.82) is 0 Å². The van der Waals surface area contributed by atoms with Crippen molar-refractivity contribution in [3.8, 4) is 0 Å². The van der Waals surface area contributed by atoms with Crippen molar-refractivity contribution in [2.45, 2.75) is 64.0 Å². The van der Waals surface area contributed by atoms with E-state index in [4.69, 9.17) is 4.74 Å². The first-order valence-electron chi connectivity index (χ1n) is 18.7. The molecule has 53 heavy (non-hydrogen) atoms. The van der Waals surface area contributed by atoms with E-state index < -0.39 is 0 Å². The first kappa shape index (κ1) is 36.5. The van der Waals surface area contributed by atoms with Crippen LogP contribution >= 0.6 is 11.3 Å². The zero-order chi connectivity index (χ0) is 36.7. The Hall–Kier alpha value is -4.84. The Kier molecular flexibility index (Phi) is 11.6. The topological polar surface area (TPSA) is 120 Å². The zero-order valence-corrected chi connectivity index (χ0v) is 31.1. The van der Waals surface area contributed by atoms with Crippen LogP contribution in [0.1, 0.15) is 83.9 Å². The third kappa shape index (κ3) is 9.22. The number of fused-ring (bicyclic) bond motifs is 1. The normalized spacial score (nSPS) is 15.5. The van der Waals surface area contributed by atoms with Crippen LogP contribution in [0.5, 0.6) is 0 Å². The number of aryl methyl sites for hydroxylation is 3. The summed E-state index contributed by atoms with van der Waals surface area (Å²) >= 11 is 1.51. The molecule has 11 heteroatoms. The third-order valence-electron chi connectivity index (χ3n) is 10.4.